The molecule has 0 unspecified atom stereocenters. The highest BCUT2D eigenvalue weighted by molar-refractivity contribution is 5.43. The third kappa shape index (κ3) is 4.78. The summed E-state index contributed by atoms with van der Waals surface area (Å²) in [4.78, 5) is 0. The van der Waals surface area contributed by atoms with E-state index in [1.54, 1.807) is 0 Å². The van der Waals surface area contributed by atoms with Crippen molar-refractivity contribution in [1.82, 2.24) is 0 Å². The fourth-order valence-corrected chi connectivity index (χ4v) is 2.51. The molecule has 1 N–H and O–H groups in total. The van der Waals surface area contributed by atoms with Gasteiger partial charge in [-0.25, -0.2) is 0 Å². The molecule has 0 aromatic heterocycles. The SMILES string of the molecule is Cc1ccc(NN=NCc2cccc(Cc3ccccc3)c2)cc1. The Hall–Kier alpha value is -2.94. The summed E-state index contributed by atoms with van der Waals surface area (Å²) in [5, 5.41) is 8.28. The number of aryl methyl sites for hydroxylation is 1. The van der Waals surface area contributed by atoms with E-state index in [4.69, 9.17) is 0 Å². The van der Waals surface area contributed by atoms with Gasteiger partial charge in [0.25, 0.3) is 0 Å². The van der Waals surface area contributed by atoms with E-state index in [1.807, 2.05) is 30.3 Å². The molecule has 120 valence electrons. The van der Waals surface area contributed by atoms with Crippen LogP contribution in [0.3, 0.4) is 0 Å². The predicted octanol–water partition coefficient (Wildman–Crippen LogP) is 5.57. The number of rotatable bonds is 6. The number of nitrogens with zero attached hydrogens (tertiary/aromatic N) is 2. The van der Waals surface area contributed by atoms with E-state index in [2.05, 4.69) is 71.2 Å². The molecule has 0 bridgehead atoms. The lowest BCUT2D eigenvalue weighted by atomic mass is 10.0. The quantitative estimate of drug-likeness (QED) is 0.469. The predicted molar refractivity (Wildman–Crippen MR) is 99.1 cm³/mol. The summed E-state index contributed by atoms with van der Waals surface area (Å²) in [5.74, 6) is 0. The Bertz CT molecular complexity index is 793. The van der Waals surface area contributed by atoms with E-state index in [9.17, 15) is 0 Å². The van der Waals surface area contributed by atoms with Gasteiger partial charge in [-0.1, -0.05) is 77.5 Å². The topological polar surface area (TPSA) is 36.8 Å². The molecule has 24 heavy (non-hydrogen) atoms. The van der Waals surface area contributed by atoms with Gasteiger partial charge in [-0.2, -0.15) is 5.11 Å². The molecule has 0 heterocycles. The number of hydrogen-bond acceptors (Lipinski definition) is 2. The highest BCUT2D eigenvalue weighted by atomic mass is 15.4. The van der Waals surface area contributed by atoms with Crippen LogP contribution in [0.15, 0.2) is 89.2 Å². The Morgan fingerprint density at radius 1 is 0.750 bits per heavy atom. The van der Waals surface area contributed by atoms with Gasteiger partial charge in [0.05, 0.1) is 12.2 Å². The third-order valence-corrected chi connectivity index (χ3v) is 3.80. The maximum absolute atomic E-state index is 4.22. The van der Waals surface area contributed by atoms with Gasteiger partial charge in [-0.15, -0.1) is 0 Å². The average molecular weight is 315 g/mol. The normalized spacial score (nSPS) is 10.9. The van der Waals surface area contributed by atoms with Crippen molar-refractivity contribution in [3.8, 4) is 0 Å². The lowest BCUT2D eigenvalue weighted by Gasteiger charge is -2.04. The molecule has 3 aromatic carbocycles. The van der Waals surface area contributed by atoms with Crippen molar-refractivity contribution < 1.29 is 0 Å². The van der Waals surface area contributed by atoms with Crippen molar-refractivity contribution in [3.05, 3.63) is 101 Å². The molecule has 0 fully saturated rings. The molecule has 0 spiro atoms. The van der Waals surface area contributed by atoms with Gasteiger partial charge in [0, 0.05) is 0 Å². The minimum absolute atomic E-state index is 0.571. The van der Waals surface area contributed by atoms with Crippen molar-refractivity contribution in [2.45, 2.75) is 19.9 Å². The molecule has 3 nitrogen and oxygen atoms in total. The van der Waals surface area contributed by atoms with E-state index >= 15 is 0 Å². The van der Waals surface area contributed by atoms with E-state index in [1.165, 1.54) is 16.7 Å². The molecule has 0 radical (unpaired) electrons. The first-order valence-electron chi connectivity index (χ1n) is 8.10. The molecule has 3 aromatic rings. The molecule has 3 rings (SSSR count). The molecule has 0 aliphatic rings. The van der Waals surface area contributed by atoms with Crippen LogP contribution >= 0.6 is 0 Å². The Kier molecular flexibility index (Phi) is 5.36. The van der Waals surface area contributed by atoms with Crippen LogP contribution in [0.4, 0.5) is 5.69 Å². The Morgan fingerprint density at radius 3 is 2.25 bits per heavy atom. The van der Waals surface area contributed by atoms with Crippen molar-refractivity contribution in [2.24, 2.45) is 10.3 Å². The van der Waals surface area contributed by atoms with E-state index < -0.39 is 0 Å². The van der Waals surface area contributed by atoms with Crippen LogP contribution in [0, 0.1) is 6.92 Å². The van der Waals surface area contributed by atoms with Crippen LogP contribution in [-0.2, 0) is 13.0 Å². The molecule has 3 heteroatoms. The number of nitrogens with one attached hydrogen (secondary N) is 1. The van der Waals surface area contributed by atoms with Crippen LogP contribution in [0.2, 0.25) is 0 Å². The second-order valence-electron chi connectivity index (χ2n) is 5.86. The molecular weight excluding hydrogens is 294 g/mol. The summed E-state index contributed by atoms with van der Waals surface area (Å²) in [6, 6.07) is 27.1. The first kappa shape index (κ1) is 15.9. The fourth-order valence-electron chi connectivity index (χ4n) is 2.51. The second-order valence-corrected chi connectivity index (χ2v) is 5.86. The van der Waals surface area contributed by atoms with Crippen LogP contribution < -0.4 is 5.43 Å². The number of benzene rings is 3. The lowest BCUT2D eigenvalue weighted by molar-refractivity contribution is 0.921. The van der Waals surface area contributed by atoms with Gasteiger partial charge in [0.15, 0.2) is 0 Å². The van der Waals surface area contributed by atoms with E-state index in [-0.39, 0.29) is 0 Å². The fraction of sp³-hybridized carbons (Fsp3) is 0.143. The summed E-state index contributed by atoms with van der Waals surface area (Å²) in [7, 11) is 0. The molecule has 0 saturated heterocycles. The van der Waals surface area contributed by atoms with E-state index in [0.29, 0.717) is 6.54 Å². The third-order valence-electron chi connectivity index (χ3n) is 3.80. The van der Waals surface area contributed by atoms with Crippen LogP contribution in [0.1, 0.15) is 22.3 Å². The average Bonchev–Trinajstić information content (AvgIpc) is 2.61. The molecule has 0 aliphatic carbocycles. The first-order chi connectivity index (χ1) is 11.8. The second kappa shape index (κ2) is 8.06. The Morgan fingerprint density at radius 2 is 1.46 bits per heavy atom. The highest BCUT2D eigenvalue weighted by Gasteiger charge is 1.98. The maximum atomic E-state index is 4.22. The van der Waals surface area contributed by atoms with Gasteiger partial charge in [-0.3, -0.25) is 5.43 Å². The first-order valence-corrected chi connectivity index (χ1v) is 8.10. The van der Waals surface area contributed by atoms with Gasteiger partial charge >= 0.3 is 0 Å². The van der Waals surface area contributed by atoms with Crippen LogP contribution in [-0.4, -0.2) is 0 Å². The Balaban J connectivity index is 1.56. The summed E-state index contributed by atoms with van der Waals surface area (Å²) >= 11 is 0. The summed E-state index contributed by atoms with van der Waals surface area (Å²) < 4.78 is 0. The van der Waals surface area contributed by atoms with Gasteiger partial charge in [0.1, 0.15) is 0 Å². The summed E-state index contributed by atoms with van der Waals surface area (Å²) in [6.45, 7) is 2.63. The summed E-state index contributed by atoms with van der Waals surface area (Å²) in [6.07, 6.45) is 0.938. The largest absolute Gasteiger partial charge is 0.260 e. The number of hydrogen-bond donors (Lipinski definition) is 1. The highest BCUT2D eigenvalue weighted by Crippen LogP contribution is 2.13. The Labute approximate surface area is 143 Å². The smallest absolute Gasteiger partial charge is 0.0870 e. The monoisotopic (exact) mass is 315 g/mol. The van der Waals surface area contributed by atoms with Gasteiger partial charge in [-0.05, 0) is 42.2 Å². The van der Waals surface area contributed by atoms with Crippen molar-refractivity contribution in [1.29, 1.82) is 0 Å². The molecule has 0 saturated carbocycles. The molecular formula is C21H21N3. The van der Waals surface area contributed by atoms with E-state index in [0.717, 1.165) is 17.7 Å². The van der Waals surface area contributed by atoms with Gasteiger partial charge in [0.2, 0.25) is 0 Å². The van der Waals surface area contributed by atoms with Gasteiger partial charge < -0.3 is 0 Å². The number of anilines is 1. The molecule has 0 atom stereocenters. The van der Waals surface area contributed by atoms with Crippen LogP contribution in [0.25, 0.3) is 0 Å². The zero-order chi connectivity index (χ0) is 16.6. The lowest BCUT2D eigenvalue weighted by Crippen LogP contribution is -1.91. The minimum atomic E-state index is 0.571. The zero-order valence-corrected chi connectivity index (χ0v) is 13.8. The van der Waals surface area contributed by atoms with Crippen molar-refractivity contribution in [2.75, 3.05) is 5.43 Å². The molecule has 0 amide bonds. The standard InChI is InChI=1S/C21H21N3/c1-17-10-12-21(13-11-17)23-24-22-16-20-9-5-8-19(15-20)14-18-6-3-2-4-7-18/h2-13,15H,14,16H2,1H3,(H,22,23). The molecule has 0 aliphatic heterocycles. The van der Waals surface area contributed by atoms with Crippen molar-refractivity contribution in [3.63, 3.8) is 0 Å². The summed E-state index contributed by atoms with van der Waals surface area (Å²) in [5.41, 5.74) is 8.90. The maximum Gasteiger partial charge on any atom is 0.0870 e. The zero-order valence-electron chi connectivity index (χ0n) is 13.8. The minimum Gasteiger partial charge on any atom is -0.260 e. The van der Waals surface area contributed by atoms with Crippen LogP contribution in [0.5, 0.6) is 0 Å². The van der Waals surface area contributed by atoms with Crippen molar-refractivity contribution >= 4 is 5.69 Å².